The van der Waals surface area contributed by atoms with Crippen LogP contribution < -0.4 is 11.5 Å². The van der Waals surface area contributed by atoms with Gasteiger partial charge in [-0.3, -0.25) is 4.99 Å². The summed E-state index contributed by atoms with van der Waals surface area (Å²) in [6, 6.07) is 45.5. The molecule has 2 aromatic heterocycles. The number of nitrogens with two attached hydrogens (primary N) is 2. The molecule has 0 radical (unpaired) electrons. The quantitative estimate of drug-likeness (QED) is 0.143. The van der Waals surface area contributed by atoms with Crippen molar-refractivity contribution < 1.29 is 4.42 Å². The predicted molar refractivity (Wildman–Crippen MR) is 200 cm³/mol. The first kappa shape index (κ1) is 29.0. The van der Waals surface area contributed by atoms with Gasteiger partial charge in [-0.15, -0.1) is 0 Å². The molecule has 232 valence electrons. The molecule has 6 nitrogen and oxygen atoms in total. The second-order valence-electron chi connectivity index (χ2n) is 11.9. The van der Waals surface area contributed by atoms with Gasteiger partial charge < -0.3 is 20.5 Å². The Morgan fingerprint density at radius 1 is 0.750 bits per heavy atom. The largest absolute Gasteiger partial charge is 0.455 e. The summed E-state index contributed by atoms with van der Waals surface area (Å²) in [6.07, 6.45) is 3.42. The molecule has 0 aliphatic carbocycles. The molecule has 0 aliphatic rings. The maximum Gasteiger partial charge on any atom is 0.158 e. The number of para-hydroxylation sites is 2. The van der Waals surface area contributed by atoms with Gasteiger partial charge in [0.1, 0.15) is 17.0 Å². The van der Waals surface area contributed by atoms with E-state index in [2.05, 4.69) is 96.4 Å². The van der Waals surface area contributed by atoms with E-state index in [1.165, 1.54) is 5.39 Å². The van der Waals surface area contributed by atoms with E-state index in [-0.39, 0.29) is 0 Å². The normalized spacial score (nSPS) is 12.7. The Bertz CT molecular complexity index is 2550. The lowest BCUT2D eigenvalue weighted by atomic mass is 10.0. The molecule has 0 fully saturated rings. The van der Waals surface area contributed by atoms with Gasteiger partial charge in [0.05, 0.1) is 17.6 Å². The Morgan fingerprint density at radius 2 is 1.48 bits per heavy atom. The molecule has 0 aliphatic heterocycles. The third-order valence-corrected chi connectivity index (χ3v) is 8.89. The Hall–Kier alpha value is -6.40. The molecular weight excluding hydrogens is 590 g/mol. The zero-order valence-electron chi connectivity index (χ0n) is 26.5. The maximum absolute atomic E-state index is 6.91. The van der Waals surface area contributed by atoms with Crippen LogP contribution in [-0.2, 0) is 6.54 Å². The summed E-state index contributed by atoms with van der Waals surface area (Å²) in [7, 11) is 0. The highest BCUT2D eigenvalue weighted by Gasteiger charge is 2.19. The SMILES string of the molecule is Cc1ccc2c(oc3cccc(C(/N=C(\N)c4ccc5c6ccccc6n(-c6ccccc6)c5c4)=N/Cc4ccccc4)c32)c1/C=C\N. The summed E-state index contributed by atoms with van der Waals surface area (Å²) in [4.78, 5) is 10.1. The molecular formula is C42H33N5O. The van der Waals surface area contributed by atoms with Gasteiger partial charge in [0, 0.05) is 43.9 Å². The van der Waals surface area contributed by atoms with Crippen LogP contribution in [0.2, 0.25) is 0 Å². The lowest BCUT2D eigenvalue weighted by Gasteiger charge is -2.10. The average Bonchev–Trinajstić information content (AvgIpc) is 3.68. The molecule has 6 heteroatoms. The van der Waals surface area contributed by atoms with Gasteiger partial charge in [-0.1, -0.05) is 103 Å². The number of benzene rings is 6. The van der Waals surface area contributed by atoms with Gasteiger partial charge in [-0.05, 0) is 60.7 Å². The van der Waals surface area contributed by atoms with Crippen molar-refractivity contribution in [3.05, 3.63) is 167 Å². The zero-order chi connectivity index (χ0) is 32.6. The minimum absolute atomic E-state index is 0.376. The molecule has 2 heterocycles. The van der Waals surface area contributed by atoms with Crippen molar-refractivity contribution in [3.63, 3.8) is 0 Å². The highest BCUT2D eigenvalue weighted by molar-refractivity contribution is 6.22. The first-order valence-corrected chi connectivity index (χ1v) is 16.0. The van der Waals surface area contributed by atoms with E-state index in [0.29, 0.717) is 18.2 Å². The number of aliphatic imine (C=N–C) groups is 2. The molecule has 0 atom stereocenters. The number of aryl methyl sites for hydroxylation is 1. The molecule has 8 aromatic rings. The summed E-state index contributed by atoms with van der Waals surface area (Å²) in [5, 5.41) is 4.23. The number of rotatable bonds is 6. The molecule has 0 bridgehead atoms. The average molecular weight is 624 g/mol. The predicted octanol–water partition coefficient (Wildman–Crippen LogP) is 9.27. The number of hydrogen-bond donors (Lipinski definition) is 2. The monoisotopic (exact) mass is 623 g/mol. The highest BCUT2D eigenvalue weighted by Crippen LogP contribution is 2.36. The second-order valence-corrected chi connectivity index (χ2v) is 11.9. The van der Waals surface area contributed by atoms with Crippen molar-refractivity contribution in [1.29, 1.82) is 0 Å². The molecule has 6 aromatic carbocycles. The minimum Gasteiger partial charge on any atom is -0.455 e. The fourth-order valence-corrected chi connectivity index (χ4v) is 6.59. The van der Waals surface area contributed by atoms with Gasteiger partial charge in [-0.25, -0.2) is 4.99 Å². The fraction of sp³-hybridized carbons (Fsp3) is 0.0476. The lowest BCUT2D eigenvalue weighted by Crippen LogP contribution is -2.16. The molecule has 0 unspecified atom stereocenters. The van der Waals surface area contributed by atoms with Gasteiger partial charge in [0.15, 0.2) is 5.84 Å². The second kappa shape index (κ2) is 12.1. The molecule has 0 saturated carbocycles. The van der Waals surface area contributed by atoms with Crippen LogP contribution in [0.25, 0.3) is 55.5 Å². The van der Waals surface area contributed by atoms with E-state index in [9.17, 15) is 0 Å². The summed E-state index contributed by atoms with van der Waals surface area (Å²) >= 11 is 0. The zero-order valence-corrected chi connectivity index (χ0v) is 26.5. The number of hydrogen-bond acceptors (Lipinski definition) is 3. The first-order chi connectivity index (χ1) is 23.6. The number of aromatic nitrogens is 1. The number of furan rings is 1. The van der Waals surface area contributed by atoms with Crippen molar-refractivity contribution in [2.45, 2.75) is 13.5 Å². The molecule has 0 saturated heterocycles. The van der Waals surface area contributed by atoms with Crippen LogP contribution in [0.4, 0.5) is 0 Å². The fourth-order valence-electron chi connectivity index (χ4n) is 6.59. The van der Waals surface area contributed by atoms with Crippen LogP contribution in [0, 0.1) is 6.92 Å². The van der Waals surface area contributed by atoms with Crippen LogP contribution in [0.1, 0.15) is 27.8 Å². The van der Waals surface area contributed by atoms with Crippen molar-refractivity contribution in [2.24, 2.45) is 21.5 Å². The third-order valence-electron chi connectivity index (χ3n) is 8.89. The maximum atomic E-state index is 6.91. The molecule has 0 spiro atoms. The van der Waals surface area contributed by atoms with Crippen molar-refractivity contribution >= 4 is 61.5 Å². The lowest BCUT2D eigenvalue weighted by molar-refractivity contribution is 0.667. The number of amidine groups is 2. The van der Waals surface area contributed by atoms with E-state index in [1.807, 2.05) is 54.6 Å². The topological polar surface area (TPSA) is 94.8 Å². The van der Waals surface area contributed by atoms with Crippen molar-refractivity contribution in [2.75, 3.05) is 0 Å². The Balaban J connectivity index is 1.32. The van der Waals surface area contributed by atoms with E-state index < -0.39 is 0 Å². The molecule has 0 amide bonds. The van der Waals surface area contributed by atoms with Gasteiger partial charge in [-0.2, -0.15) is 0 Å². The summed E-state index contributed by atoms with van der Waals surface area (Å²) in [6.45, 7) is 2.50. The minimum atomic E-state index is 0.376. The number of fused-ring (bicyclic) bond motifs is 6. The van der Waals surface area contributed by atoms with Crippen LogP contribution in [0.3, 0.4) is 0 Å². The summed E-state index contributed by atoms with van der Waals surface area (Å²) < 4.78 is 8.73. The Kier molecular flexibility index (Phi) is 7.31. The first-order valence-electron chi connectivity index (χ1n) is 16.0. The van der Waals surface area contributed by atoms with E-state index in [4.69, 9.17) is 25.9 Å². The van der Waals surface area contributed by atoms with Crippen molar-refractivity contribution in [1.82, 2.24) is 4.57 Å². The molecule has 4 N–H and O–H groups in total. The van der Waals surface area contributed by atoms with Crippen LogP contribution in [0.5, 0.6) is 0 Å². The summed E-state index contributed by atoms with van der Waals surface area (Å²) in [5.41, 5.74) is 22.3. The van der Waals surface area contributed by atoms with E-state index >= 15 is 0 Å². The number of nitrogens with zero attached hydrogens (tertiary/aromatic N) is 3. The Labute approximate surface area is 278 Å². The summed E-state index contributed by atoms with van der Waals surface area (Å²) in [5.74, 6) is 0.908. The third kappa shape index (κ3) is 5.00. The van der Waals surface area contributed by atoms with Gasteiger partial charge >= 0.3 is 0 Å². The van der Waals surface area contributed by atoms with Crippen LogP contribution in [0.15, 0.2) is 154 Å². The van der Waals surface area contributed by atoms with Gasteiger partial charge in [0.2, 0.25) is 0 Å². The standard InChI is InChI=1S/C42H33N5O/c1-27-19-21-34-39-35(16-10-18-38(39)48-40(34)31(27)23-24-43)42(45-26-28-11-4-2-5-12-28)46-41(44)29-20-22-33-32-15-8-9-17-36(32)47(37(33)25-29)30-13-6-3-7-14-30/h2-25H,26,43H2,1H3,(H2,44,45,46)/b24-23-. The van der Waals surface area contributed by atoms with Crippen molar-refractivity contribution in [3.8, 4) is 5.69 Å². The smallest absolute Gasteiger partial charge is 0.158 e. The van der Waals surface area contributed by atoms with Crippen LogP contribution >= 0.6 is 0 Å². The van der Waals surface area contributed by atoms with E-state index in [0.717, 1.165) is 71.9 Å². The molecule has 48 heavy (non-hydrogen) atoms. The highest BCUT2D eigenvalue weighted by atomic mass is 16.3. The van der Waals surface area contributed by atoms with E-state index in [1.54, 1.807) is 6.20 Å². The molecule has 8 rings (SSSR count). The van der Waals surface area contributed by atoms with Crippen LogP contribution in [-0.4, -0.2) is 16.2 Å². The van der Waals surface area contributed by atoms with Gasteiger partial charge in [0.25, 0.3) is 0 Å². The Morgan fingerprint density at radius 3 is 2.29 bits per heavy atom.